The van der Waals surface area contributed by atoms with E-state index in [0.29, 0.717) is 23.4 Å². The molecule has 8 nitrogen and oxygen atoms in total. The number of hydrogen-bond acceptors (Lipinski definition) is 5. The van der Waals surface area contributed by atoms with Gasteiger partial charge >= 0.3 is 0 Å². The number of hydrazine groups is 1. The van der Waals surface area contributed by atoms with E-state index in [0.717, 1.165) is 21.7 Å². The number of allylic oxidation sites excluding steroid dienone is 2. The van der Waals surface area contributed by atoms with Gasteiger partial charge in [-0.1, -0.05) is 47.0 Å². The Balaban J connectivity index is 1.75. The van der Waals surface area contributed by atoms with Crippen molar-refractivity contribution in [3.05, 3.63) is 85.4 Å². The van der Waals surface area contributed by atoms with Crippen LogP contribution in [0.5, 0.6) is 0 Å². The van der Waals surface area contributed by atoms with Crippen LogP contribution in [-0.2, 0) is 16.1 Å². The number of nitro benzene ring substituents is 1. The molecule has 4 rings (SSSR count). The number of hydrogen-bond donors (Lipinski definition) is 0. The van der Waals surface area contributed by atoms with E-state index >= 15 is 0 Å². The highest BCUT2D eigenvalue weighted by Gasteiger charge is 2.51. The van der Waals surface area contributed by atoms with E-state index in [1.54, 1.807) is 12.1 Å². The zero-order valence-corrected chi connectivity index (χ0v) is 19.0. The van der Waals surface area contributed by atoms with Gasteiger partial charge in [-0.25, -0.2) is 5.01 Å². The second-order valence-electron chi connectivity index (χ2n) is 8.10. The number of imide groups is 1. The number of rotatable bonds is 5. The van der Waals surface area contributed by atoms with Crippen LogP contribution in [0.25, 0.3) is 0 Å². The molecule has 0 radical (unpaired) electrons. The third-order valence-corrected chi connectivity index (χ3v) is 6.50. The van der Waals surface area contributed by atoms with Gasteiger partial charge in [0.15, 0.2) is 0 Å². The topological polar surface area (TPSA) is 101 Å². The number of nitrogens with zero attached hydrogens (tertiary/aromatic N) is 3. The van der Waals surface area contributed by atoms with Gasteiger partial charge in [-0.2, -0.15) is 5.01 Å². The minimum absolute atomic E-state index is 0.0286. The van der Waals surface area contributed by atoms with Gasteiger partial charge in [0.2, 0.25) is 0 Å². The molecule has 0 unspecified atom stereocenters. The minimum Gasteiger partial charge on any atom is -0.272 e. The number of non-ortho nitro benzene ring substituents is 1. The third kappa shape index (κ3) is 4.36. The van der Waals surface area contributed by atoms with Crippen LogP contribution in [0, 0.1) is 22.0 Å². The molecule has 0 saturated carbocycles. The Morgan fingerprint density at radius 1 is 1.15 bits per heavy atom. The molecule has 2 aliphatic rings. The molecule has 0 aromatic heterocycles. The summed E-state index contributed by atoms with van der Waals surface area (Å²) >= 11 is 12.3. The largest absolute Gasteiger partial charge is 0.273 e. The van der Waals surface area contributed by atoms with Crippen molar-refractivity contribution in [1.29, 1.82) is 0 Å². The number of nitro groups is 1. The highest BCUT2D eigenvalue weighted by Crippen LogP contribution is 2.39. The highest BCUT2D eigenvalue weighted by molar-refractivity contribution is 6.35. The number of benzene rings is 2. The van der Waals surface area contributed by atoms with E-state index in [4.69, 9.17) is 23.2 Å². The maximum atomic E-state index is 13.5. The van der Waals surface area contributed by atoms with Crippen molar-refractivity contribution >= 4 is 46.6 Å². The van der Waals surface area contributed by atoms with Gasteiger partial charge < -0.3 is 0 Å². The third-order valence-electron chi connectivity index (χ3n) is 5.91. The average molecular weight is 488 g/mol. The van der Waals surface area contributed by atoms with Crippen LogP contribution in [-0.4, -0.2) is 32.7 Å². The predicted octanol–water partition coefficient (Wildman–Crippen LogP) is 4.80. The van der Waals surface area contributed by atoms with Crippen LogP contribution in [0.2, 0.25) is 10.0 Å². The second-order valence-corrected chi connectivity index (χ2v) is 8.94. The van der Waals surface area contributed by atoms with E-state index in [9.17, 15) is 24.5 Å². The molecule has 1 heterocycles. The first-order valence-corrected chi connectivity index (χ1v) is 11.0. The van der Waals surface area contributed by atoms with Gasteiger partial charge in [-0.3, -0.25) is 24.5 Å². The normalized spacial score (nSPS) is 19.8. The summed E-state index contributed by atoms with van der Waals surface area (Å²) in [4.78, 5) is 50.7. The Labute approximate surface area is 199 Å². The van der Waals surface area contributed by atoms with Crippen molar-refractivity contribution in [3.8, 4) is 0 Å². The quantitative estimate of drug-likeness (QED) is 0.261. The smallest absolute Gasteiger partial charge is 0.272 e. The summed E-state index contributed by atoms with van der Waals surface area (Å²) in [5.41, 5.74) is 1.16. The standard InChI is InChI=1S/C23H19Cl2N3O5/c1-13-5-8-18-19(9-13)23(31)27(22(18)30)26(12-15-6-7-16(24)11-20(15)25)21(29)14-3-2-4-17(10-14)28(32)33/h2-7,10-11,18-19H,8-9,12H2,1H3/t18-,19-/m0/s1. The van der Waals surface area contributed by atoms with Gasteiger partial charge in [0, 0.05) is 27.7 Å². The number of amides is 3. The Hall–Kier alpha value is -3.23. The van der Waals surface area contributed by atoms with Crippen molar-refractivity contribution in [3.63, 3.8) is 0 Å². The maximum absolute atomic E-state index is 13.5. The number of fused-ring (bicyclic) bond motifs is 1. The summed E-state index contributed by atoms with van der Waals surface area (Å²) < 4.78 is 0. The first-order chi connectivity index (χ1) is 15.7. The molecule has 3 amide bonds. The van der Waals surface area contributed by atoms with Crippen molar-refractivity contribution < 1.29 is 19.3 Å². The summed E-state index contributed by atoms with van der Waals surface area (Å²) in [6, 6.07) is 9.82. The molecule has 33 heavy (non-hydrogen) atoms. The van der Waals surface area contributed by atoms with Crippen LogP contribution in [0.3, 0.4) is 0 Å². The van der Waals surface area contributed by atoms with Gasteiger partial charge in [-0.15, -0.1) is 0 Å². The SMILES string of the molecule is CC1=CC[C@@H]2C(=O)N(N(Cc3ccc(Cl)cc3Cl)C(=O)c3cccc([N+](=O)[O-])c3)C(=O)[C@H]2C1. The number of carbonyl (C=O) groups excluding carboxylic acids is 3. The van der Waals surface area contributed by atoms with Gasteiger partial charge in [0.25, 0.3) is 23.4 Å². The van der Waals surface area contributed by atoms with Crippen LogP contribution in [0.1, 0.15) is 35.7 Å². The van der Waals surface area contributed by atoms with E-state index in [-0.39, 0.29) is 22.8 Å². The molecule has 0 bridgehead atoms. The molecule has 170 valence electrons. The van der Waals surface area contributed by atoms with E-state index in [1.165, 1.54) is 24.3 Å². The summed E-state index contributed by atoms with van der Waals surface area (Å²) in [7, 11) is 0. The summed E-state index contributed by atoms with van der Waals surface area (Å²) in [5, 5.41) is 13.8. The van der Waals surface area contributed by atoms with E-state index in [1.807, 2.05) is 13.0 Å². The lowest BCUT2D eigenvalue weighted by Gasteiger charge is -2.31. The molecule has 1 fully saturated rings. The summed E-state index contributed by atoms with van der Waals surface area (Å²) in [5.74, 6) is -2.78. The molecular formula is C23H19Cl2N3O5. The minimum atomic E-state index is -0.727. The lowest BCUT2D eigenvalue weighted by Crippen LogP contribution is -2.49. The van der Waals surface area contributed by atoms with Crippen LogP contribution in [0.4, 0.5) is 5.69 Å². The molecule has 1 saturated heterocycles. The maximum Gasteiger partial charge on any atom is 0.273 e. The van der Waals surface area contributed by atoms with Crippen LogP contribution < -0.4 is 0 Å². The van der Waals surface area contributed by atoms with Gasteiger partial charge in [0.05, 0.1) is 23.3 Å². The zero-order valence-electron chi connectivity index (χ0n) is 17.5. The van der Waals surface area contributed by atoms with Crippen molar-refractivity contribution in [2.45, 2.75) is 26.3 Å². The lowest BCUT2D eigenvalue weighted by molar-refractivity contribution is -0.384. The van der Waals surface area contributed by atoms with E-state index < -0.39 is 34.5 Å². The van der Waals surface area contributed by atoms with Crippen molar-refractivity contribution in [2.24, 2.45) is 11.8 Å². The number of carbonyl (C=O) groups is 3. The Kier molecular flexibility index (Phi) is 6.23. The van der Waals surface area contributed by atoms with Gasteiger partial charge in [0.1, 0.15) is 0 Å². The molecular weight excluding hydrogens is 469 g/mol. The zero-order chi connectivity index (χ0) is 23.9. The van der Waals surface area contributed by atoms with Crippen LogP contribution >= 0.6 is 23.2 Å². The Morgan fingerprint density at radius 3 is 2.58 bits per heavy atom. The molecule has 2 aromatic carbocycles. The van der Waals surface area contributed by atoms with Crippen LogP contribution in [0.15, 0.2) is 54.1 Å². The molecule has 0 N–H and O–H groups in total. The first-order valence-electron chi connectivity index (χ1n) is 10.2. The molecule has 1 aliphatic heterocycles. The first kappa shape index (κ1) is 22.9. The number of halogens is 2. The lowest BCUT2D eigenvalue weighted by atomic mass is 9.82. The fourth-order valence-corrected chi connectivity index (χ4v) is 4.67. The summed E-state index contributed by atoms with van der Waals surface area (Å²) in [6.45, 7) is 1.71. The highest BCUT2D eigenvalue weighted by atomic mass is 35.5. The predicted molar refractivity (Wildman–Crippen MR) is 121 cm³/mol. The van der Waals surface area contributed by atoms with E-state index in [2.05, 4.69) is 0 Å². The van der Waals surface area contributed by atoms with Crippen molar-refractivity contribution in [1.82, 2.24) is 10.0 Å². The Bertz CT molecular complexity index is 1210. The Morgan fingerprint density at radius 2 is 1.88 bits per heavy atom. The van der Waals surface area contributed by atoms with Crippen molar-refractivity contribution in [2.75, 3.05) is 0 Å². The molecule has 0 spiro atoms. The molecule has 2 aromatic rings. The molecule has 2 atom stereocenters. The second kappa shape index (κ2) is 8.96. The van der Waals surface area contributed by atoms with Gasteiger partial charge in [-0.05, 0) is 43.5 Å². The molecule has 1 aliphatic carbocycles. The average Bonchev–Trinajstić information content (AvgIpc) is 3.02. The monoisotopic (exact) mass is 487 g/mol. The fourth-order valence-electron chi connectivity index (χ4n) is 4.20. The summed E-state index contributed by atoms with van der Waals surface area (Å²) in [6.07, 6.45) is 2.78. The molecule has 10 heteroatoms. The fraction of sp³-hybridized carbons (Fsp3) is 0.261.